The molecule has 0 aromatic heterocycles. The van der Waals surface area contributed by atoms with Gasteiger partial charge in [0.2, 0.25) is 0 Å². The minimum Gasteiger partial charge on any atom is -0.313 e. The Kier molecular flexibility index (Phi) is 7.49. The molecular weight excluding hydrogens is 246 g/mol. The highest BCUT2D eigenvalue weighted by atomic mass is 15.2. The standard InChI is InChI=1S/C17H37N3/c1-7-11-18-16(17(2,3)4)10-13-19(5)14-15-9-8-12-20(15)6/h15-16,18H,7-14H2,1-6H3. The van der Waals surface area contributed by atoms with Gasteiger partial charge in [0.05, 0.1) is 0 Å². The summed E-state index contributed by atoms with van der Waals surface area (Å²) in [5, 5.41) is 3.73. The minimum atomic E-state index is 0.347. The molecule has 1 aliphatic heterocycles. The molecule has 0 saturated carbocycles. The maximum atomic E-state index is 3.73. The van der Waals surface area contributed by atoms with Crippen molar-refractivity contribution in [2.75, 3.05) is 40.3 Å². The summed E-state index contributed by atoms with van der Waals surface area (Å²) < 4.78 is 0. The third kappa shape index (κ3) is 6.11. The second-order valence-corrected chi connectivity index (χ2v) is 7.70. The van der Waals surface area contributed by atoms with E-state index in [1.165, 1.54) is 45.3 Å². The van der Waals surface area contributed by atoms with Crippen LogP contribution in [0.15, 0.2) is 0 Å². The fraction of sp³-hybridized carbons (Fsp3) is 1.00. The molecule has 2 unspecified atom stereocenters. The van der Waals surface area contributed by atoms with Gasteiger partial charge in [0, 0.05) is 18.6 Å². The van der Waals surface area contributed by atoms with Gasteiger partial charge in [-0.3, -0.25) is 0 Å². The van der Waals surface area contributed by atoms with Crippen molar-refractivity contribution in [3.05, 3.63) is 0 Å². The van der Waals surface area contributed by atoms with E-state index in [-0.39, 0.29) is 0 Å². The molecule has 1 heterocycles. The first-order valence-corrected chi connectivity index (χ1v) is 8.46. The number of hydrogen-bond acceptors (Lipinski definition) is 3. The Morgan fingerprint density at radius 1 is 1.35 bits per heavy atom. The number of likely N-dealkylation sites (tertiary alicyclic amines) is 1. The lowest BCUT2D eigenvalue weighted by molar-refractivity contribution is 0.189. The summed E-state index contributed by atoms with van der Waals surface area (Å²) in [4.78, 5) is 5.05. The van der Waals surface area contributed by atoms with E-state index < -0.39 is 0 Å². The molecule has 0 amide bonds. The molecule has 1 fully saturated rings. The van der Waals surface area contributed by atoms with Gasteiger partial charge in [-0.25, -0.2) is 0 Å². The van der Waals surface area contributed by atoms with Crippen LogP contribution in [0, 0.1) is 5.41 Å². The van der Waals surface area contributed by atoms with Crippen LogP contribution in [0.4, 0.5) is 0 Å². The maximum absolute atomic E-state index is 3.73. The zero-order valence-corrected chi connectivity index (χ0v) is 14.7. The van der Waals surface area contributed by atoms with E-state index in [2.05, 4.69) is 56.9 Å². The molecule has 2 atom stereocenters. The average molecular weight is 284 g/mol. The van der Waals surface area contributed by atoms with E-state index in [4.69, 9.17) is 0 Å². The Morgan fingerprint density at radius 3 is 2.55 bits per heavy atom. The van der Waals surface area contributed by atoms with Crippen molar-refractivity contribution in [2.45, 2.75) is 65.5 Å². The van der Waals surface area contributed by atoms with Crippen LogP contribution in [-0.2, 0) is 0 Å². The summed E-state index contributed by atoms with van der Waals surface area (Å²) in [6.45, 7) is 14.1. The molecule has 0 radical (unpaired) electrons. The van der Waals surface area contributed by atoms with Crippen molar-refractivity contribution < 1.29 is 0 Å². The van der Waals surface area contributed by atoms with Crippen molar-refractivity contribution in [2.24, 2.45) is 5.41 Å². The van der Waals surface area contributed by atoms with Gasteiger partial charge in [-0.2, -0.15) is 0 Å². The van der Waals surface area contributed by atoms with Crippen LogP contribution in [0.2, 0.25) is 0 Å². The van der Waals surface area contributed by atoms with Crippen LogP contribution in [0.5, 0.6) is 0 Å². The molecule has 0 spiro atoms. The average Bonchev–Trinajstić information content (AvgIpc) is 2.73. The smallest absolute Gasteiger partial charge is 0.0220 e. The zero-order chi connectivity index (χ0) is 15.2. The Hall–Kier alpha value is -0.120. The van der Waals surface area contributed by atoms with Gasteiger partial charge in [0.15, 0.2) is 0 Å². The molecule has 1 N–H and O–H groups in total. The highest BCUT2D eigenvalue weighted by Gasteiger charge is 2.25. The molecule has 0 aromatic carbocycles. The lowest BCUT2D eigenvalue weighted by Crippen LogP contribution is -2.44. The van der Waals surface area contributed by atoms with Crippen molar-refractivity contribution in [3.8, 4) is 0 Å². The first-order chi connectivity index (χ1) is 9.34. The van der Waals surface area contributed by atoms with Crippen LogP contribution < -0.4 is 5.32 Å². The van der Waals surface area contributed by atoms with E-state index in [1.54, 1.807) is 0 Å². The minimum absolute atomic E-state index is 0.347. The number of nitrogens with one attached hydrogen (secondary N) is 1. The van der Waals surface area contributed by atoms with Crippen LogP contribution in [0.1, 0.15) is 53.4 Å². The van der Waals surface area contributed by atoms with Gasteiger partial charge < -0.3 is 15.1 Å². The summed E-state index contributed by atoms with van der Waals surface area (Å²) in [6.07, 6.45) is 5.21. The quantitative estimate of drug-likeness (QED) is 0.739. The summed E-state index contributed by atoms with van der Waals surface area (Å²) in [7, 11) is 4.55. The molecule has 0 aliphatic carbocycles. The Balaban J connectivity index is 2.34. The van der Waals surface area contributed by atoms with Gasteiger partial charge in [0.25, 0.3) is 0 Å². The predicted octanol–water partition coefficient (Wildman–Crippen LogP) is 2.82. The molecule has 0 bridgehead atoms. The molecule has 3 heteroatoms. The molecule has 1 saturated heterocycles. The topological polar surface area (TPSA) is 18.5 Å². The van der Waals surface area contributed by atoms with Gasteiger partial charge in [-0.05, 0) is 64.8 Å². The molecule has 1 aliphatic rings. The van der Waals surface area contributed by atoms with E-state index >= 15 is 0 Å². The SMILES string of the molecule is CCCNC(CCN(C)CC1CCCN1C)C(C)(C)C. The van der Waals surface area contributed by atoms with Crippen LogP contribution in [0.3, 0.4) is 0 Å². The molecule has 1 rings (SSSR count). The van der Waals surface area contributed by atoms with E-state index in [0.29, 0.717) is 11.5 Å². The van der Waals surface area contributed by atoms with Gasteiger partial charge in [-0.15, -0.1) is 0 Å². The second-order valence-electron chi connectivity index (χ2n) is 7.70. The van der Waals surface area contributed by atoms with Crippen LogP contribution in [0.25, 0.3) is 0 Å². The monoisotopic (exact) mass is 283 g/mol. The first kappa shape index (κ1) is 17.9. The number of hydrogen-bond donors (Lipinski definition) is 1. The molecule has 120 valence electrons. The highest BCUT2D eigenvalue weighted by molar-refractivity contribution is 4.83. The van der Waals surface area contributed by atoms with Crippen molar-refractivity contribution >= 4 is 0 Å². The fourth-order valence-corrected chi connectivity index (χ4v) is 3.17. The number of rotatable bonds is 8. The lowest BCUT2D eigenvalue weighted by Gasteiger charge is -2.34. The van der Waals surface area contributed by atoms with Crippen molar-refractivity contribution in [1.82, 2.24) is 15.1 Å². The van der Waals surface area contributed by atoms with Crippen molar-refractivity contribution in [3.63, 3.8) is 0 Å². The Morgan fingerprint density at radius 2 is 2.05 bits per heavy atom. The van der Waals surface area contributed by atoms with E-state index in [1.807, 2.05) is 0 Å². The second kappa shape index (κ2) is 8.35. The molecule has 20 heavy (non-hydrogen) atoms. The van der Waals surface area contributed by atoms with E-state index in [0.717, 1.165) is 12.6 Å². The summed E-state index contributed by atoms with van der Waals surface area (Å²) in [6, 6.07) is 1.39. The van der Waals surface area contributed by atoms with Crippen LogP contribution in [-0.4, -0.2) is 62.2 Å². The van der Waals surface area contributed by atoms with Gasteiger partial charge in [-0.1, -0.05) is 27.7 Å². The normalized spacial score (nSPS) is 22.6. The van der Waals surface area contributed by atoms with Crippen molar-refractivity contribution in [1.29, 1.82) is 0 Å². The highest BCUT2D eigenvalue weighted by Crippen LogP contribution is 2.22. The summed E-state index contributed by atoms with van der Waals surface area (Å²) >= 11 is 0. The zero-order valence-electron chi connectivity index (χ0n) is 14.7. The summed E-state index contributed by atoms with van der Waals surface area (Å²) in [5.74, 6) is 0. The van der Waals surface area contributed by atoms with Gasteiger partial charge >= 0.3 is 0 Å². The number of nitrogens with zero attached hydrogens (tertiary/aromatic N) is 2. The van der Waals surface area contributed by atoms with Crippen LogP contribution >= 0.6 is 0 Å². The Bertz CT molecular complexity index is 259. The Labute approximate surface area is 127 Å². The third-order valence-corrected chi connectivity index (χ3v) is 4.68. The van der Waals surface area contributed by atoms with E-state index in [9.17, 15) is 0 Å². The predicted molar refractivity (Wildman–Crippen MR) is 89.3 cm³/mol. The van der Waals surface area contributed by atoms with Gasteiger partial charge in [0.1, 0.15) is 0 Å². The first-order valence-electron chi connectivity index (χ1n) is 8.46. The molecular formula is C17H37N3. The molecule has 3 nitrogen and oxygen atoms in total. The number of likely N-dealkylation sites (N-methyl/N-ethyl adjacent to an activating group) is 2. The largest absolute Gasteiger partial charge is 0.313 e. The molecule has 0 aromatic rings. The lowest BCUT2D eigenvalue weighted by atomic mass is 9.84. The maximum Gasteiger partial charge on any atom is 0.0220 e. The summed E-state index contributed by atoms with van der Waals surface area (Å²) in [5.41, 5.74) is 0.347. The third-order valence-electron chi connectivity index (χ3n) is 4.68. The fourth-order valence-electron chi connectivity index (χ4n) is 3.17.